The first-order chi connectivity index (χ1) is 14.6. The second-order valence-corrected chi connectivity index (χ2v) is 7.49. The molecule has 3 rings (SSSR count). The lowest BCUT2D eigenvalue weighted by Crippen LogP contribution is -2.08. The second kappa shape index (κ2) is 10.9. The molecule has 2 aromatic rings. The molecule has 0 aromatic heterocycles. The van der Waals surface area contributed by atoms with Crippen LogP contribution in [0.25, 0.3) is 0 Å². The van der Waals surface area contributed by atoms with Crippen molar-refractivity contribution in [1.82, 2.24) is 0 Å². The van der Waals surface area contributed by atoms with Crippen LogP contribution in [-0.2, 0) is 22.4 Å². The number of benzene rings is 2. The van der Waals surface area contributed by atoms with E-state index in [4.69, 9.17) is 18.9 Å². The Morgan fingerprint density at radius 2 is 1.87 bits per heavy atom. The molecule has 0 N–H and O–H groups in total. The Morgan fingerprint density at radius 3 is 2.63 bits per heavy atom. The molecule has 2 aromatic carbocycles. The zero-order valence-electron chi connectivity index (χ0n) is 18.2. The van der Waals surface area contributed by atoms with Gasteiger partial charge in [0.1, 0.15) is 5.75 Å². The van der Waals surface area contributed by atoms with Crippen LogP contribution in [0, 0.1) is 0 Å². The molecule has 0 saturated carbocycles. The molecule has 0 radical (unpaired) electrons. The number of fused-ring (bicyclic) bond motifs is 1. The van der Waals surface area contributed by atoms with Gasteiger partial charge in [-0.25, -0.2) is 0 Å². The molecule has 1 atom stereocenters. The van der Waals surface area contributed by atoms with Gasteiger partial charge in [-0.3, -0.25) is 4.79 Å². The topological polar surface area (TPSA) is 54.0 Å². The zero-order chi connectivity index (χ0) is 21.3. The third-order valence-electron chi connectivity index (χ3n) is 5.49. The number of methoxy groups -OCH3 is 1. The van der Waals surface area contributed by atoms with E-state index in [1.54, 1.807) is 7.11 Å². The lowest BCUT2D eigenvalue weighted by atomic mass is 9.98. The van der Waals surface area contributed by atoms with Gasteiger partial charge in [-0.05, 0) is 73.1 Å². The van der Waals surface area contributed by atoms with E-state index in [1.807, 2.05) is 25.1 Å². The smallest absolute Gasteiger partial charge is 0.306 e. The van der Waals surface area contributed by atoms with Gasteiger partial charge in [-0.2, -0.15) is 0 Å². The van der Waals surface area contributed by atoms with Crippen LogP contribution in [0.1, 0.15) is 55.7 Å². The maximum atomic E-state index is 11.8. The van der Waals surface area contributed by atoms with Crippen molar-refractivity contribution in [3.8, 4) is 17.2 Å². The van der Waals surface area contributed by atoms with Gasteiger partial charge in [0.05, 0.1) is 33.4 Å². The summed E-state index contributed by atoms with van der Waals surface area (Å²) in [6, 6.07) is 12.2. The van der Waals surface area contributed by atoms with Crippen molar-refractivity contribution in [1.29, 1.82) is 0 Å². The standard InChI is InChI=1S/C25H32O5/c1-4-18-7-12-23(24(15-18)27-3)30-14-6-13-29-21-10-11-22-19(16-21)8-9-20(22)17-25(26)28-5-2/h7,10-12,15-16,20H,4-6,8-9,13-14,17H2,1-3H3/t20-/m0/s1. The summed E-state index contributed by atoms with van der Waals surface area (Å²) >= 11 is 0. The van der Waals surface area contributed by atoms with E-state index in [1.165, 1.54) is 16.7 Å². The van der Waals surface area contributed by atoms with E-state index in [2.05, 4.69) is 25.1 Å². The Morgan fingerprint density at radius 1 is 1.03 bits per heavy atom. The number of esters is 1. The molecular formula is C25H32O5. The molecule has 1 aliphatic carbocycles. The van der Waals surface area contributed by atoms with Crippen molar-refractivity contribution in [2.75, 3.05) is 26.9 Å². The molecule has 0 unspecified atom stereocenters. The van der Waals surface area contributed by atoms with Crippen molar-refractivity contribution in [3.63, 3.8) is 0 Å². The Kier molecular flexibility index (Phi) is 8.00. The fourth-order valence-corrected chi connectivity index (χ4v) is 3.89. The highest BCUT2D eigenvalue weighted by Crippen LogP contribution is 2.37. The van der Waals surface area contributed by atoms with E-state index in [0.29, 0.717) is 26.2 Å². The van der Waals surface area contributed by atoms with Gasteiger partial charge in [0.2, 0.25) is 0 Å². The van der Waals surface area contributed by atoms with E-state index >= 15 is 0 Å². The van der Waals surface area contributed by atoms with Crippen LogP contribution in [-0.4, -0.2) is 32.9 Å². The molecule has 0 bridgehead atoms. The van der Waals surface area contributed by atoms with E-state index in [9.17, 15) is 4.79 Å². The number of hydrogen-bond donors (Lipinski definition) is 0. The number of carbonyl (C=O) groups is 1. The SMILES string of the molecule is CCOC(=O)C[C@@H]1CCc2cc(OCCCOc3ccc(CC)cc3OC)ccc21. The minimum atomic E-state index is -0.114. The second-order valence-electron chi connectivity index (χ2n) is 7.49. The van der Waals surface area contributed by atoms with Gasteiger partial charge in [0.25, 0.3) is 0 Å². The first kappa shape index (κ1) is 22.0. The normalized spacial score (nSPS) is 14.8. The van der Waals surface area contributed by atoms with Gasteiger partial charge < -0.3 is 18.9 Å². The maximum absolute atomic E-state index is 11.8. The minimum absolute atomic E-state index is 0.114. The number of aryl methyl sites for hydroxylation is 2. The lowest BCUT2D eigenvalue weighted by molar-refractivity contribution is -0.143. The fourth-order valence-electron chi connectivity index (χ4n) is 3.89. The van der Waals surface area contributed by atoms with Gasteiger partial charge in [0, 0.05) is 6.42 Å². The molecule has 5 heteroatoms. The molecule has 30 heavy (non-hydrogen) atoms. The van der Waals surface area contributed by atoms with Crippen molar-refractivity contribution in [2.45, 2.75) is 51.9 Å². The summed E-state index contributed by atoms with van der Waals surface area (Å²) in [7, 11) is 1.66. The van der Waals surface area contributed by atoms with Gasteiger partial charge >= 0.3 is 5.97 Å². The molecule has 0 saturated heterocycles. The Hall–Kier alpha value is -2.69. The van der Waals surface area contributed by atoms with Crippen LogP contribution < -0.4 is 14.2 Å². The monoisotopic (exact) mass is 412 g/mol. The number of ether oxygens (including phenoxy) is 4. The highest BCUT2D eigenvalue weighted by Gasteiger charge is 2.25. The van der Waals surface area contributed by atoms with E-state index in [-0.39, 0.29) is 11.9 Å². The van der Waals surface area contributed by atoms with Crippen LogP contribution in [0.4, 0.5) is 0 Å². The molecule has 0 amide bonds. The summed E-state index contributed by atoms with van der Waals surface area (Å²) in [6.45, 7) is 5.54. The van der Waals surface area contributed by atoms with E-state index < -0.39 is 0 Å². The predicted octanol–water partition coefficient (Wildman–Crippen LogP) is 5.09. The lowest BCUT2D eigenvalue weighted by Gasteiger charge is -2.13. The van der Waals surface area contributed by atoms with Crippen LogP contribution in [0.15, 0.2) is 36.4 Å². The summed E-state index contributed by atoms with van der Waals surface area (Å²) in [5.74, 6) is 2.55. The summed E-state index contributed by atoms with van der Waals surface area (Å²) in [5, 5.41) is 0. The van der Waals surface area contributed by atoms with Crippen LogP contribution in [0.3, 0.4) is 0 Å². The molecule has 162 valence electrons. The average Bonchev–Trinajstić information content (AvgIpc) is 3.15. The number of carbonyl (C=O) groups excluding carboxylic acids is 1. The van der Waals surface area contributed by atoms with Crippen molar-refractivity contribution in [2.24, 2.45) is 0 Å². The largest absolute Gasteiger partial charge is 0.493 e. The summed E-state index contributed by atoms with van der Waals surface area (Å²) in [5.41, 5.74) is 3.75. The molecule has 0 heterocycles. The maximum Gasteiger partial charge on any atom is 0.306 e. The fraction of sp³-hybridized carbons (Fsp3) is 0.480. The summed E-state index contributed by atoms with van der Waals surface area (Å²) in [6.07, 6.45) is 4.18. The highest BCUT2D eigenvalue weighted by atomic mass is 16.5. The zero-order valence-corrected chi connectivity index (χ0v) is 18.2. The quantitative estimate of drug-likeness (QED) is 0.380. The van der Waals surface area contributed by atoms with Gasteiger partial charge in [-0.1, -0.05) is 19.1 Å². The van der Waals surface area contributed by atoms with Crippen molar-refractivity contribution in [3.05, 3.63) is 53.1 Å². The third-order valence-corrected chi connectivity index (χ3v) is 5.49. The van der Waals surface area contributed by atoms with E-state index in [0.717, 1.165) is 42.9 Å². The minimum Gasteiger partial charge on any atom is -0.493 e. The van der Waals surface area contributed by atoms with Crippen LogP contribution in [0.2, 0.25) is 0 Å². The first-order valence-electron chi connectivity index (χ1n) is 10.9. The third kappa shape index (κ3) is 5.68. The molecule has 0 spiro atoms. The molecule has 5 nitrogen and oxygen atoms in total. The Bertz CT molecular complexity index is 845. The molecular weight excluding hydrogens is 380 g/mol. The Balaban J connectivity index is 1.45. The average molecular weight is 413 g/mol. The Labute approximate surface area is 179 Å². The van der Waals surface area contributed by atoms with Crippen LogP contribution in [0.5, 0.6) is 17.2 Å². The summed E-state index contributed by atoms with van der Waals surface area (Å²) < 4.78 is 22.3. The molecule has 1 aliphatic rings. The van der Waals surface area contributed by atoms with Crippen molar-refractivity contribution >= 4 is 5.97 Å². The first-order valence-corrected chi connectivity index (χ1v) is 10.9. The predicted molar refractivity (Wildman–Crippen MR) is 117 cm³/mol. The van der Waals surface area contributed by atoms with Gasteiger partial charge in [-0.15, -0.1) is 0 Å². The highest BCUT2D eigenvalue weighted by molar-refractivity contribution is 5.71. The van der Waals surface area contributed by atoms with Gasteiger partial charge in [0.15, 0.2) is 11.5 Å². The molecule has 0 fully saturated rings. The number of rotatable bonds is 11. The van der Waals surface area contributed by atoms with Crippen molar-refractivity contribution < 1.29 is 23.7 Å². The van der Waals surface area contributed by atoms with Crippen LogP contribution >= 0.6 is 0 Å². The number of hydrogen-bond acceptors (Lipinski definition) is 5. The molecule has 0 aliphatic heterocycles. The summed E-state index contributed by atoms with van der Waals surface area (Å²) in [4.78, 5) is 11.8.